The van der Waals surface area contributed by atoms with Gasteiger partial charge in [-0.2, -0.15) is 0 Å². The van der Waals surface area contributed by atoms with Gasteiger partial charge in [0.2, 0.25) is 0 Å². The minimum atomic E-state index is -0.325. The predicted octanol–water partition coefficient (Wildman–Crippen LogP) is 6.01. The average Bonchev–Trinajstić information content (AvgIpc) is 2.96. The molecule has 0 atom stereocenters. The Morgan fingerprint density at radius 3 is 2.17 bits per heavy atom. The molecule has 0 bridgehead atoms. The molecule has 3 aromatic rings. The Bertz CT molecular complexity index is 1360. The van der Waals surface area contributed by atoms with Crippen LogP contribution in [0.2, 0.25) is 5.02 Å². The van der Waals surface area contributed by atoms with Crippen LogP contribution in [0.25, 0.3) is 0 Å². The van der Waals surface area contributed by atoms with E-state index in [4.69, 9.17) is 33.3 Å². The van der Waals surface area contributed by atoms with Crippen molar-refractivity contribution in [3.63, 3.8) is 0 Å². The Hall–Kier alpha value is -3.82. The highest BCUT2D eigenvalue weighted by Gasteiger charge is 2.23. The van der Waals surface area contributed by atoms with Crippen molar-refractivity contribution in [2.45, 2.75) is 33.3 Å². The number of thiocarbonyl (C=S) groups is 1. The van der Waals surface area contributed by atoms with E-state index in [0.29, 0.717) is 60.4 Å². The summed E-state index contributed by atoms with van der Waals surface area (Å²) < 4.78 is 11.2. The second kappa shape index (κ2) is 14.2. The van der Waals surface area contributed by atoms with Crippen molar-refractivity contribution < 1.29 is 19.1 Å². The summed E-state index contributed by atoms with van der Waals surface area (Å²) in [5.74, 6) is 1.15. The zero-order chi connectivity index (χ0) is 29.4. The molecular weight excluding hydrogens is 560 g/mol. The van der Waals surface area contributed by atoms with Gasteiger partial charge in [0.25, 0.3) is 11.8 Å². The van der Waals surface area contributed by atoms with Crippen molar-refractivity contribution in [1.29, 1.82) is 0 Å². The van der Waals surface area contributed by atoms with Crippen molar-refractivity contribution in [1.82, 2.24) is 10.2 Å². The van der Waals surface area contributed by atoms with Gasteiger partial charge in [-0.3, -0.25) is 14.9 Å². The highest BCUT2D eigenvalue weighted by atomic mass is 35.5. The van der Waals surface area contributed by atoms with E-state index in [9.17, 15) is 9.59 Å². The predicted molar refractivity (Wildman–Crippen MR) is 168 cm³/mol. The summed E-state index contributed by atoms with van der Waals surface area (Å²) in [6.45, 7) is 9.09. The van der Waals surface area contributed by atoms with Crippen LogP contribution in [0.5, 0.6) is 11.5 Å². The maximum Gasteiger partial charge on any atom is 0.257 e. The zero-order valence-corrected chi connectivity index (χ0v) is 25.1. The van der Waals surface area contributed by atoms with Crippen LogP contribution in [0.1, 0.15) is 47.9 Å². The van der Waals surface area contributed by atoms with Gasteiger partial charge in [-0.15, -0.1) is 0 Å². The third kappa shape index (κ3) is 8.34. The Morgan fingerprint density at radius 2 is 1.56 bits per heavy atom. The van der Waals surface area contributed by atoms with Crippen LogP contribution in [0.3, 0.4) is 0 Å². The van der Waals surface area contributed by atoms with E-state index in [2.05, 4.69) is 22.5 Å². The molecule has 1 aliphatic rings. The van der Waals surface area contributed by atoms with Gasteiger partial charge in [-0.05, 0) is 99.2 Å². The molecule has 41 heavy (non-hydrogen) atoms. The summed E-state index contributed by atoms with van der Waals surface area (Å²) in [5, 5.41) is 6.42. The molecule has 0 unspecified atom stereocenters. The van der Waals surface area contributed by atoms with Crippen molar-refractivity contribution >= 4 is 52.1 Å². The second-order valence-electron chi connectivity index (χ2n) is 9.92. The second-order valence-corrected chi connectivity index (χ2v) is 10.7. The molecule has 4 rings (SSSR count). The molecule has 1 heterocycles. The molecule has 1 fully saturated rings. The number of rotatable bonds is 9. The number of nitrogens with zero attached hydrogens (tertiary/aromatic N) is 2. The van der Waals surface area contributed by atoms with Gasteiger partial charge in [0, 0.05) is 43.0 Å². The Kier molecular flexibility index (Phi) is 10.4. The lowest BCUT2D eigenvalue weighted by atomic mass is 10.1. The van der Waals surface area contributed by atoms with E-state index in [1.807, 2.05) is 55.1 Å². The molecule has 0 aliphatic carbocycles. The van der Waals surface area contributed by atoms with Gasteiger partial charge in [0.1, 0.15) is 11.5 Å². The molecule has 1 aliphatic heterocycles. The summed E-state index contributed by atoms with van der Waals surface area (Å²) >= 11 is 12.0. The standard InChI is InChI=1S/C31H35ClN4O4S/c1-4-19-39-25-10-7-23(8-11-25)30(38)36-17-15-35(16-18-36)28-14-9-24(20-27(28)32)33-31(41)34-29(37)22-5-12-26(13-6-22)40-21(2)3/h5-14,20-21H,4,15-19H2,1-3H3,(H2,33,34,37,41). The van der Waals surface area contributed by atoms with Crippen LogP contribution in [-0.4, -0.2) is 60.7 Å². The molecule has 10 heteroatoms. The quantitative estimate of drug-likeness (QED) is 0.294. The first-order valence-corrected chi connectivity index (χ1v) is 14.5. The zero-order valence-electron chi connectivity index (χ0n) is 23.5. The first kappa shape index (κ1) is 30.1. The highest BCUT2D eigenvalue weighted by Crippen LogP contribution is 2.30. The molecule has 0 saturated carbocycles. The molecule has 2 N–H and O–H groups in total. The van der Waals surface area contributed by atoms with Crippen molar-refractivity contribution in [3.05, 3.63) is 82.9 Å². The number of anilines is 2. The number of halogens is 1. The molecule has 8 nitrogen and oxygen atoms in total. The van der Waals surface area contributed by atoms with Crippen LogP contribution < -0.4 is 25.0 Å². The fourth-order valence-corrected chi connectivity index (χ4v) is 4.89. The van der Waals surface area contributed by atoms with Crippen LogP contribution in [0.4, 0.5) is 11.4 Å². The largest absolute Gasteiger partial charge is 0.494 e. The van der Waals surface area contributed by atoms with E-state index in [0.717, 1.165) is 17.9 Å². The molecule has 0 spiro atoms. The molecule has 216 valence electrons. The number of amides is 2. The Labute approximate surface area is 251 Å². The van der Waals surface area contributed by atoms with Gasteiger partial charge in [-0.1, -0.05) is 18.5 Å². The summed E-state index contributed by atoms with van der Waals surface area (Å²) in [6, 6.07) is 19.7. The third-order valence-corrected chi connectivity index (χ3v) is 6.91. The number of piperazine rings is 1. The maximum absolute atomic E-state index is 13.0. The fourth-order valence-electron chi connectivity index (χ4n) is 4.38. The lowest BCUT2D eigenvalue weighted by Gasteiger charge is -2.36. The third-order valence-electron chi connectivity index (χ3n) is 6.40. The molecule has 1 saturated heterocycles. The fraction of sp³-hybridized carbons (Fsp3) is 0.323. The normalized spacial score (nSPS) is 13.1. The first-order valence-electron chi connectivity index (χ1n) is 13.7. The lowest BCUT2D eigenvalue weighted by Crippen LogP contribution is -2.48. The van der Waals surface area contributed by atoms with Crippen LogP contribution in [0, 0.1) is 0 Å². The molecular formula is C31H35ClN4O4S. The van der Waals surface area contributed by atoms with Crippen LogP contribution >= 0.6 is 23.8 Å². The van der Waals surface area contributed by atoms with Crippen LogP contribution in [-0.2, 0) is 0 Å². The van der Waals surface area contributed by atoms with Crippen molar-refractivity contribution in [2.24, 2.45) is 0 Å². The summed E-state index contributed by atoms with van der Waals surface area (Å²) in [5.41, 5.74) is 2.65. The molecule has 0 radical (unpaired) electrons. The number of carbonyl (C=O) groups excluding carboxylic acids is 2. The van der Waals surface area contributed by atoms with Gasteiger partial charge in [-0.25, -0.2) is 0 Å². The Morgan fingerprint density at radius 1 is 0.927 bits per heavy atom. The summed E-state index contributed by atoms with van der Waals surface area (Å²) in [4.78, 5) is 29.6. The number of nitrogens with one attached hydrogen (secondary N) is 2. The van der Waals surface area contributed by atoms with Gasteiger partial charge in [0.15, 0.2) is 5.11 Å². The number of carbonyl (C=O) groups is 2. The molecule has 0 aromatic heterocycles. The smallest absolute Gasteiger partial charge is 0.257 e. The summed E-state index contributed by atoms with van der Waals surface area (Å²) in [7, 11) is 0. The maximum atomic E-state index is 13.0. The van der Waals surface area contributed by atoms with Gasteiger partial charge >= 0.3 is 0 Å². The van der Waals surface area contributed by atoms with E-state index in [-0.39, 0.29) is 23.0 Å². The van der Waals surface area contributed by atoms with E-state index in [1.165, 1.54) is 0 Å². The van der Waals surface area contributed by atoms with Crippen molar-refractivity contribution in [3.8, 4) is 11.5 Å². The molecule has 2 amide bonds. The lowest BCUT2D eigenvalue weighted by molar-refractivity contribution is 0.0746. The van der Waals surface area contributed by atoms with E-state index in [1.54, 1.807) is 30.3 Å². The van der Waals surface area contributed by atoms with Crippen molar-refractivity contribution in [2.75, 3.05) is 43.0 Å². The van der Waals surface area contributed by atoms with Crippen LogP contribution in [0.15, 0.2) is 66.7 Å². The van der Waals surface area contributed by atoms with E-state index >= 15 is 0 Å². The Balaban J connectivity index is 1.27. The van der Waals surface area contributed by atoms with Gasteiger partial charge < -0.3 is 24.6 Å². The minimum absolute atomic E-state index is 0.00716. The number of benzene rings is 3. The number of hydrogen-bond donors (Lipinski definition) is 2. The van der Waals surface area contributed by atoms with Gasteiger partial charge in [0.05, 0.1) is 23.4 Å². The monoisotopic (exact) mass is 594 g/mol. The summed E-state index contributed by atoms with van der Waals surface area (Å²) in [6.07, 6.45) is 0.989. The SMILES string of the molecule is CCCOc1ccc(C(=O)N2CCN(c3ccc(NC(=S)NC(=O)c4ccc(OC(C)C)cc4)cc3Cl)CC2)cc1. The number of hydrogen-bond acceptors (Lipinski definition) is 6. The minimum Gasteiger partial charge on any atom is -0.494 e. The number of ether oxygens (including phenoxy) is 2. The average molecular weight is 595 g/mol. The topological polar surface area (TPSA) is 83.1 Å². The molecule has 3 aromatic carbocycles. The highest BCUT2D eigenvalue weighted by molar-refractivity contribution is 7.80. The van der Waals surface area contributed by atoms with E-state index < -0.39 is 0 Å². The first-order chi connectivity index (χ1) is 19.7.